The average molecular weight is 543 g/mol. The van der Waals surface area contributed by atoms with Crippen molar-refractivity contribution in [3.05, 3.63) is 0 Å². The lowest BCUT2D eigenvalue weighted by atomic mass is 9.42. The fraction of sp³-hybridized carbons (Fsp3) is 0.857. The van der Waals surface area contributed by atoms with Crippen LogP contribution in [0, 0.1) is 71.0 Å². The first kappa shape index (κ1) is 22.4. The van der Waals surface area contributed by atoms with Gasteiger partial charge >= 0.3 is 23.9 Å². The first-order chi connectivity index (χ1) is 18.8. The number of hydrogen-bond acceptors (Lipinski definition) is 11. The summed E-state index contributed by atoms with van der Waals surface area (Å²) >= 11 is 0. The molecule has 0 N–H and O–H groups in total. The van der Waals surface area contributed by atoms with E-state index in [2.05, 4.69) is 0 Å². The molecule has 0 aromatic heterocycles. The van der Waals surface area contributed by atoms with Crippen molar-refractivity contribution in [2.24, 2.45) is 71.0 Å². The van der Waals surface area contributed by atoms with E-state index in [0.717, 1.165) is 12.8 Å². The molecule has 11 heteroatoms. The van der Waals surface area contributed by atoms with Gasteiger partial charge in [0.25, 0.3) is 0 Å². The fourth-order valence-electron chi connectivity index (χ4n) is 13.6. The maximum Gasteiger partial charge on any atom is 0.342 e. The van der Waals surface area contributed by atoms with Crippen LogP contribution in [0.2, 0.25) is 0 Å². The third-order valence-electron chi connectivity index (χ3n) is 13.9. The van der Waals surface area contributed by atoms with Crippen LogP contribution in [0.15, 0.2) is 0 Å². The molecule has 11 nitrogen and oxygen atoms in total. The average Bonchev–Trinajstić information content (AvgIpc) is 3.44. The summed E-state index contributed by atoms with van der Waals surface area (Å²) in [5.74, 6) is -0.303. The van der Waals surface area contributed by atoms with Gasteiger partial charge in [-0.2, -0.15) is 0 Å². The molecule has 0 aromatic carbocycles. The summed E-state index contributed by atoms with van der Waals surface area (Å²) in [6.07, 6.45) is 1.95. The number of ether oxygens (including phenoxy) is 7. The predicted molar refractivity (Wildman–Crippen MR) is 121 cm³/mol. The van der Waals surface area contributed by atoms with Gasteiger partial charge in [-0.15, -0.1) is 0 Å². The Hall–Kier alpha value is -2.24. The number of carbonyl (C=O) groups is 4. The van der Waals surface area contributed by atoms with Crippen LogP contribution in [0.4, 0.5) is 0 Å². The minimum atomic E-state index is -1.24. The van der Waals surface area contributed by atoms with E-state index in [9.17, 15) is 19.2 Å². The van der Waals surface area contributed by atoms with Crippen LogP contribution < -0.4 is 0 Å². The summed E-state index contributed by atoms with van der Waals surface area (Å²) in [6.45, 7) is 0. The molecule has 0 radical (unpaired) electrons. The largest absolute Gasteiger partial charge is 0.467 e. The van der Waals surface area contributed by atoms with E-state index in [1.807, 2.05) is 0 Å². The number of hydrogen-bond donors (Lipinski definition) is 0. The molecular formula is C28H30O11. The third kappa shape index (κ3) is 1.68. The Balaban J connectivity index is 1.02. The maximum atomic E-state index is 13.0. The number of rotatable bonds is 4. The van der Waals surface area contributed by atoms with Crippen molar-refractivity contribution in [3.63, 3.8) is 0 Å². The number of fused-ring (bicyclic) bond motifs is 28. The molecule has 18 atom stereocenters. The Morgan fingerprint density at radius 2 is 0.769 bits per heavy atom. The highest BCUT2D eigenvalue weighted by atomic mass is 16.7. The van der Waals surface area contributed by atoms with Gasteiger partial charge in [0.2, 0.25) is 22.4 Å². The zero-order valence-corrected chi connectivity index (χ0v) is 22.0. The van der Waals surface area contributed by atoms with E-state index >= 15 is 0 Å². The fourth-order valence-corrected chi connectivity index (χ4v) is 13.6. The molecule has 4 aliphatic heterocycles. The molecule has 0 amide bonds. The second kappa shape index (κ2) is 6.01. The number of epoxide rings is 2. The minimum Gasteiger partial charge on any atom is -0.467 e. The summed E-state index contributed by atoms with van der Waals surface area (Å²) in [6, 6.07) is 0. The molecule has 10 aliphatic rings. The summed E-state index contributed by atoms with van der Waals surface area (Å²) in [7, 11) is 5.35. The van der Waals surface area contributed by atoms with Gasteiger partial charge in [-0.1, -0.05) is 0 Å². The van der Waals surface area contributed by atoms with Crippen molar-refractivity contribution >= 4 is 23.9 Å². The first-order valence-electron chi connectivity index (χ1n) is 14.2. The first-order valence-corrected chi connectivity index (χ1v) is 14.2. The van der Waals surface area contributed by atoms with Crippen LogP contribution in [-0.2, 0) is 52.3 Å². The van der Waals surface area contributed by atoms with E-state index in [1.165, 1.54) is 28.4 Å². The van der Waals surface area contributed by atoms with Gasteiger partial charge in [-0.25, -0.2) is 19.2 Å². The highest BCUT2D eigenvalue weighted by molar-refractivity contribution is 6.03. The summed E-state index contributed by atoms with van der Waals surface area (Å²) < 4.78 is 39.7. The number of esters is 4. The van der Waals surface area contributed by atoms with E-state index in [0.29, 0.717) is 0 Å². The molecule has 6 aliphatic carbocycles. The zero-order valence-electron chi connectivity index (χ0n) is 22.0. The Morgan fingerprint density at radius 1 is 0.513 bits per heavy atom. The SMILES string of the molecule is COC(=O)[C@]12O[C@@]1(C(=O)OC)[C@@H]1[C@@H]3C[C@@H]([C@H]4C5OC([C@@H]6[C@@H]7C[C@H]([C@H]56)[C@@H]5[C@H]7[C@@]6(C(=O)OC)O[C@@]56C(=O)OC)[C@@H]34)[C@@H]12. The molecule has 208 valence electrons. The van der Waals surface area contributed by atoms with Crippen LogP contribution in [0.25, 0.3) is 0 Å². The van der Waals surface area contributed by atoms with Crippen LogP contribution in [0.3, 0.4) is 0 Å². The van der Waals surface area contributed by atoms with Crippen LogP contribution >= 0.6 is 0 Å². The van der Waals surface area contributed by atoms with Crippen molar-refractivity contribution in [2.75, 3.05) is 28.4 Å². The van der Waals surface area contributed by atoms with Gasteiger partial charge in [-0.3, -0.25) is 0 Å². The Morgan fingerprint density at radius 3 is 1.00 bits per heavy atom. The van der Waals surface area contributed by atoms with E-state index in [4.69, 9.17) is 33.2 Å². The Labute approximate surface area is 223 Å². The lowest BCUT2D eigenvalue weighted by Gasteiger charge is -2.56. The topological polar surface area (TPSA) is 139 Å². The van der Waals surface area contributed by atoms with Gasteiger partial charge < -0.3 is 33.2 Å². The van der Waals surface area contributed by atoms with Crippen molar-refractivity contribution < 1.29 is 52.3 Å². The summed E-state index contributed by atoms with van der Waals surface area (Å²) in [5.41, 5.74) is -4.96. The van der Waals surface area contributed by atoms with Crippen LogP contribution in [0.1, 0.15) is 12.8 Å². The van der Waals surface area contributed by atoms with Crippen molar-refractivity contribution in [1.29, 1.82) is 0 Å². The number of carbonyl (C=O) groups excluding carboxylic acids is 4. The Bertz CT molecular complexity index is 1140. The Kier molecular flexibility index (Phi) is 3.46. The van der Waals surface area contributed by atoms with Gasteiger partial charge in [0.1, 0.15) is 0 Å². The third-order valence-corrected chi connectivity index (χ3v) is 13.9. The van der Waals surface area contributed by atoms with Gasteiger partial charge in [0.05, 0.1) is 40.6 Å². The summed E-state index contributed by atoms with van der Waals surface area (Å²) in [5, 5.41) is 0. The molecule has 6 bridgehead atoms. The highest BCUT2D eigenvalue weighted by Crippen LogP contribution is 2.89. The van der Waals surface area contributed by atoms with Crippen LogP contribution in [0.5, 0.6) is 0 Å². The summed E-state index contributed by atoms with van der Waals surface area (Å²) in [4.78, 5) is 52.1. The normalized spacial score (nSPS) is 64.7. The van der Waals surface area contributed by atoms with Crippen molar-refractivity contribution in [3.8, 4) is 0 Å². The highest BCUT2D eigenvalue weighted by Gasteiger charge is 3.03. The monoisotopic (exact) mass is 542 g/mol. The lowest BCUT2D eigenvalue weighted by molar-refractivity contribution is -0.172. The van der Waals surface area contributed by atoms with Crippen molar-refractivity contribution in [1.82, 2.24) is 0 Å². The molecule has 2 unspecified atom stereocenters. The molecule has 4 heterocycles. The van der Waals surface area contributed by atoms with E-state index in [-0.39, 0.29) is 83.2 Å². The standard InChI is InChI=1S/C28H30O11/c1-33-21(29)25-15-7-5-8(16(15)26(25,38-25)22(30)34-2)12-11(7)19-13-9-6-10(14(13)20(12)37-19)18-17(9)27(23(31)35-3)28(18,39-27)24(32)36-4/h7-20H,5-6H2,1-4H3/t7-,8+,9+,10-,11+,12-,13-,14+,15-,16+,17+,18-,19?,20?,25-,26+,27+,28-. The smallest absolute Gasteiger partial charge is 0.342 e. The van der Waals surface area contributed by atoms with Crippen molar-refractivity contribution in [2.45, 2.75) is 47.5 Å². The van der Waals surface area contributed by atoms with Gasteiger partial charge in [-0.05, 0) is 60.2 Å². The molecule has 4 saturated heterocycles. The molecule has 10 rings (SSSR count). The number of methoxy groups -OCH3 is 4. The van der Waals surface area contributed by atoms with E-state index in [1.54, 1.807) is 0 Å². The molecule has 0 spiro atoms. The molecule has 0 aromatic rings. The molecule has 6 saturated carbocycles. The predicted octanol–water partition coefficient (Wildman–Crippen LogP) is -0.269. The lowest BCUT2D eigenvalue weighted by Crippen LogP contribution is -2.70. The molecular weight excluding hydrogens is 512 g/mol. The van der Waals surface area contributed by atoms with E-state index < -0.39 is 46.3 Å². The zero-order chi connectivity index (χ0) is 26.8. The second-order valence-corrected chi connectivity index (χ2v) is 13.7. The minimum absolute atomic E-state index is 0.0278. The molecule has 39 heavy (non-hydrogen) atoms. The van der Waals surface area contributed by atoms with Crippen LogP contribution in [-0.4, -0.2) is 86.9 Å². The quantitative estimate of drug-likeness (QED) is 0.201. The maximum absolute atomic E-state index is 13.0. The molecule has 10 fully saturated rings. The van der Waals surface area contributed by atoms with Gasteiger partial charge in [0.15, 0.2) is 0 Å². The second-order valence-electron chi connectivity index (χ2n) is 13.7. The van der Waals surface area contributed by atoms with Gasteiger partial charge in [0, 0.05) is 23.7 Å².